The standard InChI is InChI=1S/C11H10N4O6/c12-4-7-13-1-2-15(7)11(9(18)19)3-6(8(16)17)14(5-11)10(20)21/h1-2,6H,3,5H2,(H,16,17)(H,18,19)(H,20,21)/t6-,11+/m0/s1. The SMILES string of the molecule is N#Cc1nccn1[C@]1(C(=O)O)C[C@@H](C(=O)O)N(C(=O)O)C1. The van der Waals surface area contributed by atoms with Crippen LogP contribution in [0.25, 0.3) is 0 Å². The van der Waals surface area contributed by atoms with Crippen molar-refractivity contribution < 1.29 is 29.7 Å². The van der Waals surface area contributed by atoms with E-state index in [4.69, 9.17) is 15.5 Å². The molecule has 21 heavy (non-hydrogen) atoms. The molecule has 1 fully saturated rings. The highest BCUT2D eigenvalue weighted by Gasteiger charge is 2.55. The molecule has 0 aromatic carbocycles. The van der Waals surface area contributed by atoms with E-state index < -0.39 is 42.6 Å². The number of hydrogen-bond acceptors (Lipinski definition) is 5. The van der Waals surface area contributed by atoms with Crippen LogP contribution in [0, 0.1) is 11.3 Å². The molecule has 1 aliphatic rings. The Kier molecular flexibility index (Phi) is 3.26. The van der Waals surface area contributed by atoms with Crippen molar-refractivity contribution in [1.29, 1.82) is 5.26 Å². The van der Waals surface area contributed by atoms with Crippen LogP contribution in [0.2, 0.25) is 0 Å². The van der Waals surface area contributed by atoms with Gasteiger partial charge in [0, 0.05) is 18.8 Å². The van der Waals surface area contributed by atoms with Crippen LogP contribution >= 0.6 is 0 Å². The number of rotatable bonds is 3. The number of aromatic nitrogens is 2. The normalized spacial score (nSPS) is 24.5. The van der Waals surface area contributed by atoms with Gasteiger partial charge in [-0.05, 0) is 0 Å². The minimum Gasteiger partial charge on any atom is -0.480 e. The Labute approximate surface area is 117 Å². The van der Waals surface area contributed by atoms with Crippen molar-refractivity contribution >= 4 is 18.0 Å². The van der Waals surface area contributed by atoms with Crippen LogP contribution in [0.1, 0.15) is 12.2 Å². The second-order valence-electron chi connectivity index (χ2n) is 4.54. The Balaban J connectivity index is 2.56. The molecule has 0 aliphatic carbocycles. The van der Waals surface area contributed by atoms with Gasteiger partial charge in [0.05, 0.1) is 6.54 Å². The van der Waals surface area contributed by atoms with Crippen LogP contribution in [0.4, 0.5) is 4.79 Å². The molecule has 2 rings (SSSR count). The van der Waals surface area contributed by atoms with Crippen LogP contribution in [0.15, 0.2) is 12.4 Å². The lowest BCUT2D eigenvalue weighted by Crippen LogP contribution is -2.45. The van der Waals surface area contributed by atoms with Gasteiger partial charge in [-0.25, -0.2) is 19.4 Å². The van der Waals surface area contributed by atoms with E-state index in [-0.39, 0.29) is 5.82 Å². The lowest BCUT2D eigenvalue weighted by Gasteiger charge is -2.25. The number of nitrogens with zero attached hydrogens (tertiary/aromatic N) is 4. The number of aliphatic carboxylic acids is 2. The minimum absolute atomic E-state index is 0.228. The summed E-state index contributed by atoms with van der Waals surface area (Å²) in [5, 5.41) is 36.6. The monoisotopic (exact) mass is 294 g/mol. The molecule has 1 aromatic rings. The van der Waals surface area contributed by atoms with Gasteiger partial charge >= 0.3 is 18.0 Å². The van der Waals surface area contributed by atoms with Crippen LogP contribution in [-0.4, -0.2) is 60.4 Å². The number of nitriles is 1. The van der Waals surface area contributed by atoms with E-state index in [0.717, 1.165) is 4.57 Å². The molecule has 10 nitrogen and oxygen atoms in total. The molecular weight excluding hydrogens is 284 g/mol. The second kappa shape index (κ2) is 4.78. The molecule has 1 saturated heterocycles. The van der Waals surface area contributed by atoms with E-state index in [0.29, 0.717) is 4.90 Å². The van der Waals surface area contributed by atoms with Gasteiger partial charge in [0.15, 0.2) is 5.54 Å². The number of carbonyl (C=O) groups is 3. The third kappa shape index (κ3) is 2.04. The molecule has 110 valence electrons. The molecule has 0 unspecified atom stereocenters. The summed E-state index contributed by atoms with van der Waals surface area (Å²) in [7, 11) is 0. The van der Waals surface area contributed by atoms with Gasteiger partial charge in [0.1, 0.15) is 12.1 Å². The van der Waals surface area contributed by atoms with E-state index in [1.165, 1.54) is 12.4 Å². The van der Waals surface area contributed by atoms with Gasteiger partial charge in [0.25, 0.3) is 0 Å². The van der Waals surface area contributed by atoms with Crippen LogP contribution < -0.4 is 0 Å². The predicted molar refractivity (Wildman–Crippen MR) is 63.3 cm³/mol. The lowest BCUT2D eigenvalue weighted by molar-refractivity contribution is -0.147. The van der Waals surface area contributed by atoms with Gasteiger partial charge in [-0.15, -0.1) is 0 Å². The first-order valence-electron chi connectivity index (χ1n) is 5.73. The summed E-state index contributed by atoms with van der Waals surface area (Å²) in [6.45, 7) is -0.584. The maximum Gasteiger partial charge on any atom is 0.408 e. The number of amides is 1. The van der Waals surface area contributed by atoms with Gasteiger partial charge < -0.3 is 19.9 Å². The molecule has 3 N–H and O–H groups in total. The molecular formula is C11H10N4O6. The second-order valence-corrected chi connectivity index (χ2v) is 4.54. The fraction of sp³-hybridized carbons (Fsp3) is 0.364. The van der Waals surface area contributed by atoms with Crippen molar-refractivity contribution in [1.82, 2.24) is 14.5 Å². The van der Waals surface area contributed by atoms with Gasteiger partial charge in [0.2, 0.25) is 5.82 Å². The summed E-state index contributed by atoms with van der Waals surface area (Å²) < 4.78 is 1.01. The summed E-state index contributed by atoms with van der Waals surface area (Å²) in [4.78, 5) is 38.2. The third-order valence-corrected chi connectivity index (χ3v) is 3.47. The quantitative estimate of drug-likeness (QED) is 0.665. The smallest absolute Gasteiger partial charge is 0.408 e. The summed E-state index contributed by atoms with van der Waals surface area (Å²) >= 11 is 0. The number of carboxylic acids is 2. The molecule has 2 heterocycles. The van der Waals surface area contributed by atoms with Crippen molar-refractivity contribution in [2.24, 2.45) is 0 Å². The zero-order chi connectivity index (χ0) is 15.8. The topological polar surface area (TPSA) is 157 Å². The number of hydrogen-bond donors (Lipinski definition) is 3. The average Bonchev–Trinajstić information content (AvgIpc) is 3.03. The Morgan fingerprint density at radius 2 is 2.05 bits per heavy atom. The molecule has 1 aromatic heterocycles. The first-order chi connectivity index (χ1) is 9.83. The Morgan fingerprint density at radius 1 is 1.38 bits per heavy atom. The van der Waals surface area contributed by atoms with Crippen molar-refractivity contribution in [3.63, 3.8) is 0 Å². The maximum absolute atomic E-state index is 11.7. The van der Waals surface area contributed by atoms with Crippen molar-refractivity contribution in [3.8, 4) is 6.07 Å². The Morgan fingerprint density at radius 3 is 2.48 bits per heavy atom. The third-order valence-electron chi connectivity index (χ3n) is 3.47. The van der Waals surface area contributed by atoms with Crippen LogP contribution in [-0.2, 0) is 15.1 Å². The van der Waals surface area contributed by atoms with E-state index in [1.54, 1.807) is 6.07 Å². The highest BCUT2D eigenvalue weighted by Crippen LogP contribution is 2.35. The molecule has 1 aliphatic heterocycles. The molecule has 0 radical (unpaired) electrons. The maximum atomic E-state index is 11.7. The molecule has 0 saturated carbocycles. The van der Waals surface area contributed by atoms with Crippen molar-refractivity contribution in [2.75, 3.05) is 6.54 Å². The number of carboxylic acid groups (broad SMARTS) is 3. The van der Waals surface area contributed by atoms with Gasteiger partial charge in [-0.3, -0.25) is 4.90 Å². The van der Waals surface area contributed by atoms with Crippen molar-refractivity contribution in [3.05, 3.63) is 18.2 Å². The van der Waals surface area contributed by atoms with Gasteiger partial charge in [-0.1, -0.05) is 0 Å². The van der Waals surface area contributed by atoms with E-state index >= 15 is 0 Å². The largest absolute Gasteiger partial charge is 0.480 e. The van der Waals surface area contributed by atoms with Crippen LogP contribution in [0.3, 0.4) is 0 Å². The number of likely N-dealkylation sites (tertiary alicyclic amines) is 1. The average molecular weight is 294 g/mol. The Hall–Kier alpha value is -3.09. The summed E-state index contributed by atoms with van der Waals surface area (Å²) in [6, 6.07) is 0.188. The highest BCUT2D eigenvalue weighted by atomic mass is 16.4. The predicted octanol–water partition coefficient (Wildman–Crippen LogP) is -0.628. The van der Waals surface area contributed by atoms with E-state index in [1.807, 2.05) is 0 Å². The molecule has 0 bridgehead atoms. The van der Waals surface area contributed by atoms with E-state index in [9.17, 15) is 19.5 Å². The molecule has 10 heteroatoms. The zero-order valence-electron chi connectivity index (χ0n) is 10.5. The number of imidazole rings is 1. The summed E-state index contributed by atoms with van der Waals surface area (Å²) in [5.74, 6) is -3.10. The minimum atomic E-state index is -1.87. The molecule has 0 spiro atoms. The Bertz CT molecular complexity index is 638. The van der Waals surface area contributed by atoms with Crippen LogP contribution in [0.5, 0.6) is 0 Å². The van der Waals surface area contributed by atoms with Gasteiger partial charge in [-0.2, -0.15) is 5.26 Å². The molecule has 2 atom stereocenters. The fourth-order valence-electron chi connectivity index (χ4n) is 2.47. The molecule has 1 amide bonds. The zero-order valence-corrected chi connectivity index (χ0v) is 10.5. The highest BCUT2D eigenvalue weighted by molar-refractivity contribution is 5.86. The van der Waals surface area contributed by atoms with E-state index in [2.05, 4.69) is 4.98 Å². The first kappa shape index (κ1) is 14.3. The summed E-state index contributed by atoms with van der Waals surface area (Å²) in [6.07, 6.45) is 0.387. The lowest BCUT2D eigenvalue weighted by atomic mass is 9.95. The van der Waals surface area contributed by atoms with Crippen molar-refractivity contribution in [2.45, 2.75) is 18.0 Å². The fourth-order valence-corrected chi connectivity index (χ4v) is 2.47. The summed E-state index contributed by atoms with van der Waals surface area (Å²) in [5.41, 5.74) is -1.87. The first-order valence-corrected chi connectivity index (χ1v) is 5.73.